The summed E-state index contributed by atoms with van der Waals surface area (Å²) in [6.45, 7) is 0.429. The fourth-order valence-electron chi connectivity index (χ4n) is 3.50. The molecule has 0 aliphatic carbocycles. The lowest BCUT2D eigenvalue weighted by Crippen LogP contribution is -1.94. The predicted octanol–water partition coefficient (Wildman–Crippen LogP) is 5.83. The molecule has 0 aliphatic rings. The highest BCUT2D eigenvalue weighted by Gasteiger charge is 2.16. The van der Waals surface area contributed by atoms with Crippen LogP contribution in [0.15, 0.2) is 78.6 Å². The molecular weight excluding hydrogens is 404 g/mol. The summed E-state index contributed by atoms with van der Waals surface area (Å²) in [5.41, 5.74) is 10.4. The Balaban J connectivity index is 1.51. The van der Waals surface area contributed by atoms with Gasteiger partial charge in [0.05, 0.1) is 6.20 Å². The number of nitrogens with two attached hydrogens (primary N) is 1. The third-order valence-electron chi connectivity index (χ3n) is 4.97. The number of benzene rings is 2. The summed E-state index contributed by atoms with van der Waals surface area (Å²) in [4.78, 5) is 4.45. The van der Waals surface area contributed by atoms with E-state index in [1.54, 1.807) is 28.4 Å². The lowest BCUT2D eigenvalue weighted by atomic mass is 10.0. The lowest BCUT2D eigenvalue weighted by Gasteiger charge is -2.08. The number of rotatable bonds is 5. The third kappa shape index (κ3) is 3.63. The van der Waals surface area contributed by atoms with Gasteiger partial charge in [-0.15, -0.1) is 17.8 Å². The normalized spacial score (nSPS) is 10.8. The first-order valence-electron chi connectivity index (χ1n) is 9.68. The summed E-state index contributed by atoms with van der Waals surface area (Å²) in [5.74, 6) is 4.69. The molecule has 0 atom stereocenters. The van der Waals surface area contributed by atoms with E-state index < -0.39 is 0 Å². The van der Waals surface area contributed by atoms with Crippen LogP contribution in [0.4, 0.5) is 5.82 Å². The number of nitrogens with zero attached hydrogens (tertiary/aromatic N) is 3. The number of aromatic nitrogens is 3. The molecule has 5 nitrogen and oxygen atoms in total. The van der Waals surface area contributed by atoms with Gasteiger partial charge in [0.15, 0.2) is 0 Å². The molecule has 0 spiro atoms. The maximum atomic E-state index is 6.29. The van der Waals surface area contributed by atoms with Crippen LogP contribution in [-0.4, -0.2) is 14.8 Å². The van der Waals surface area contributed by atoms with E-state index in [-0.39, 0.29) is 0 Å². The molecule has 0 fully saturated rings. The number of terminal acetylenes is 1. The molecule has 2 aromatic carbocycles. The van der Waals surface area contributed by atoms with Crippen molar-refractivity contribution in [1.82, 2.24) is 14.8 Å². The minimum absolute atomic E-state index is 0.429. The summed E-state index contributed by atoms with van der Waals surface area (Å²) in [6.07, 6.45) is 10.9. The first-order valence-corrected chi connectivity index (χ1v) is 10.6. The van der Waals surface area contributed by atoms with Crippen LogP contribution >= 0.6 is 11.3 Å². The predicted molar refractivity (Wildman–Crippen MR) is 126 cm³/mol. The average Bonchev–Trinajstić information content (AvgIpc) is 3.44. The Morgan fingerprint density at radius 3 is 2.52 bits per heavy atom. The number of hydrogen-bond acceptors (Lipinski definition) is 5. The molecule has 0 amide bonds. The van der Waals surface area contributed by atoms with E-state index in [0.29, 0.717) is 12.4 Å². The SMILES string of the molecule is C#CCn1cc(-c2cnc(N)c3c(-c4ccc(Oc5ccccc5)cc4)csc23)cn1. The van der Waals surface area contributed by atoms with Crippen LogP contribution in [0.25, 0.3) is 32.3 Å². The molecule has 3 heterocycles. The Hall–Kier alpha value is -4.08. The molecule has 6 heteroatoms. The monoisotopic (exact) mass is 422 g/mol. The molecule has 5 rings (SSSR count). The fraction of sp³-hybridized carbons (Fsp3) is 0.0400. The van der Waals surface area contributed by atoms with Crippen LogP contribution in [0, 0.1) is 12.3 Å². The first-order chi connectivity index (χ1) is 15.2. The van der Waals surface area contributed by atoms with Crippen molar-refractivity contribution in [2.45, 2.75) is 6.54 Å². The third-order valence-corrected chi connectivity index (χ3v) is 5.98. The molecule has 0 bridgehead atoms. The van der Waals surface area contributed by atoms with E-state index in [9.17, 15) is 0 Å². The Kier molecular flexibility index (Phi) is 4.87. The summed E-state index contributed by atoms with van der Waals surface area (Å²) in [5, 5.41) is 7.39. The zero-order valence-electron chi connectivity index (χ0n) is 16.5. The zero-order valence-corrected chi connectivity index (χ0v) is 17.3. The van der Waals surface area contributed by atoms with Crippen molar-refractivity contribution >= 4 is 27.2 Å². The van der Waals surface area contributed by atoms with Crippen LogP contribution in [-0.2, 0) is 6.54 Å². The Morgan fingerprint density at radius 1 is 0.968 bits per heavy atom. The maximum Gasteiger partial charge on any atom is 0.132 e. The van der Waals surface area contributed by atoms with E-state index in [1.165, 1.54) is 0 Å². The second kappa shape index (κ2) is 7.98. The summed E-state index contributed by atoms with van der Waals surface area (Å²) >= 11 is 1.65. The van der Waals surface area contributed by atoms with Crippen LogP contribution in [0.1, 0.15) is 0 Å². The number of nitrogen functional groups attached to an aromatic ring is 1. The Labute approximate surface area is 183 Å². The summed E-state index contributed by atoms with van der Waals surface area (Å²) < 4.78 is 8.71. The van der Waals surface area contributed by atoms with Gasteiger partial charge in [-0.1, -0.05) is 36.3 Å². The van der Waals surface area contributed by atoms with Gasteiger partial charge >= 0.3 is 0 Å². The number of hydrogen-bond donors (Lipinski definition) is 1. The van der Waals surface area contributed by atoms with Gasteiger partial charge in [-0.25, -0.2) is 4.98 Å². The van der Waals surface area contributed by atoms with E-state index in [4.69, 9.17) is 16.9 Å². The van der Waals surface area contributed by atoms with Crippen molar-refractivity contribution in [2.24, 2.45) is 0 Å². The van der Waals surface area contributed by atoms with Gasteiger partial charge in [0.2, 0.25) is 0 Å². The molecule has 3 aromatic heterocycles. The molecule has 0 radical (unpaired) electrons. The highest BCUT2D eigenvalue weighted by atomic mass is 32.1. The molecule has 0 saturated heterocycles. The van der Waals surface area contributed by atoms with Crippen molar-refractivity contribution < 1.29 is 4.74 Å². The minimum Gasteiger partial charge on any atom is -0.457 e. The number of fused-ring (bicyclic) bond motifs is 1. The zero-order chi connectivity index (χ0) is 21.2. The quantitative estimate of drug-likeness (QED) is 0.362. The second-order valence-electron chi connectivity index (χ2n) is 6.98. The fourth-order valence-corrected chi connectivity index (χ4v) is 4.62. The Morgan fingerprint density at radius 2 is 1.74 bits per heavy atom. The van der Waals surface area contributed by atoms with Gasteiger partial charge in [0.25, 0.3) is 0 Å². The van der Waals surface area contributed by atoms with Gasteiger partial charge in [-0.3, -0.25) is 4.68 Å². The van der Waals surface area contributed by atoms with Gasteiger partial charge < -0.3 is 10.5 Å². The Bertz CT molecular complexity index is 1400. The highest BCUT2D eigenvalue weighted by Crippen LogP contribution is 2.42. The van der Waals surface area contributed by atoms with E-state index >= 15 is 0 Å². The maximum absolute atomic E-state index is 6.29. The average molecular weight is 423 g/mol. The van der Waals surface area contributed by atoms with Gasteiger partial charge in [-0.2, -0.15) is 5.10 Å². The first kappa shape index (κ1) is 18.9. The standard InChI is InChI=1S/C25H18N4OS/c1-2-12-29-15-18(13-28-29)21-14-27-25(26)23-22(16-31-24(21)23)17-8-10-20(11-9-17)30-19-6-4-3-5-7-19/h1,3-11,13-16H,12H2,(H2,26,27). The van der Waals surface area contributed by atoms with Gasteiger partial charge in [0, 0.05) is 39.2 Å². The molecule has 0 saturated carbocycles. The van der Waals surface area contributed by atoms with E-state index in [1.807, 2.05) is 60.8 Å². The topological polar surface area (TPSA) is 66.0 Å². The molecule has 5 aromatic rings. The lowest BCUT2D eigenvalue weighted by molar-refractivity contribution is 0.483. The van der Waals surface area contributed by atoms with Crippen molar-refractivity contribution in [2.75, 3.05) is 5.73 Å². The van der Waals surface area contributed by atoms with Crippen LogP contribution in [0.2, 0.25) is 0 Å². The number of para-hydroxylation sites is 1. The molecule has 2 N–H and O–H groups in total. The number of anilines is 1. The van der Waals surface area contributed by atoms with Crippen molar-refractivity contribution in [3.8, 4) is 46.1 Å². The smallest absolute Gasteiger partial charge is 0.132 e. The molecule has 0 aliphatic heterocycles. The highest BCUT2D eigenvalue weighted by molar-refractivity contribution is 7.18. The van der Waals surface area contributed by atoms with Gasteiger partial charge in [0.1, 0.15) is 23.9 Å². The van der Waals surface area contributed by atoms with Crippen molar-refractivity contribution in [3.05, 3.63) is 78.6 Å². The van der Waals surface area contributed by atoms with E-state index in [0.717, 1.165) is 43.8 Å². The largest absolute Gasteiger partial charge is 0.457 e. The van der Waals surface area contributed by atoms with Crippen molar-refractivity contribution in [1.29, 1.82) is 0 Å². The molecule has 0 unspecified atom stereocenters. The van der Waals surface area contributed by atoms with Crippen LogP contribution in [0.5, 0.6) is 11.5 Å². The summed E-state index contributed by atoms with van der Waals surface area (Å²) in [7, 11) is 0. The van der Waals surface area contributed by atoms with Crippen LogP contribution in [0.3, 0.4) is 0 Å². The number of ether oxygens (including phenoxy) is 1. The summed E-state index contributed by atoms with van der Waals surface area (Å²) in [6, 6.07) is 17.7. The number of thiophene rings is 1. The van der Waals surface area contributed by atoms with E-state index in [2.05, 4.69) is 21.4 Å². The molecular formula is C25H18N4OS. The second-order valence-corrected chi connectivity index (χ2v) is 7.86. The molecule has 31 heavy (non-hydrogen) atoms. The molecule has 150 valence electrons. The van der Waals surface area contributed by atoms with Gasteiger partial charge in [-0.05, 0) is 35.2 Å². The van der Waals surface area contributed by atoms with Crippen LogP contribution < -0.4 is 10.5 Å². The van der Waals surface area contributed by atoms with Crippen molar-refractivity contribution in [3.63, 3.8) is 0 Å². The minimum atomic E-state index is 0.429. The number of pyridine rings is 1.